The van der Waals surface area contributed by atoms with E-state index in [2.05, 4.69) is 15.4 Å². The average molecular weight is 251 g/mol. The van der Waals surface area contributed by atoms with Gasteiger partial charge >= 0.3 is 0 Å². The van der Waals surface area contributed by atoms with Crippen LogP contribution in [0.3, 0.4) is 0 Å². The largest absolute Gasteiger partial charge is 0.396 e. The summed E-state index contributed by atoms with van der Waals surface area (Å²) in [4.78, 5) is 16.2. The lowest BCUT2D eigenvalue weighted by atomic mass is 10.3. The number of carbonyl (C=O) groups is 1. The van der Waals surface area contributed by atoms with E-state index >= 15 is 0 Å². The molecule has 0 unspecified atom stereocenters. The van der Waals surface area contributed by atoms with Gasteiger partial charge in [-0.1, -0.05) is 0 Å². The number of nitrogens with two attached hydrogens (primary N) is 1. The average Bonchev–Trinajstić information content (AvgIpc) is 2.84. The van der Waals surface area contributed by atoms with Gasteiger partial charge in [-0.15, -0.1) is 11.3 Å². The Kier molecular flexibility index (Phi) is 3.10. The molecule has 0 spiro atoms. The molecular formula is C10H13N5OS. The topological polar surface area (TPSA) is 85.8 Å². The number of carbonyl (C=O) groups excluding carboxylic acids is 1. The smallest absolute Gasteiger partial charge is 0.277 e. The van der Waals surface area contributed by atoms with Crippen molar-refractivity contribution in [2.24, 2.45) is 0 Å². The van der Waals surface area contributed by atoms with Crippen molar-refractivity contribution < 1.29 is 4.79 Å². The Labute approximate surface area is 102 Å². The van der Waals surface area contributed by atoms with Gasteiger partial charge in [0.2, 0.25) is 0 Å². The summed E-state index contributed by atoms with van der Waals surface area (Å²) in [7, 11) is 0. The molecule has 0 radical (unpaired) electrons. The third kappa shape index (κ3) is 2.28. The summed E-state index contributed by atoms with van der Waals surface area (Å²) in [6, 6.07) is 0. The van der Waals surface area contributed by atoms with Gasteiger partial charge in [-0.3, -0.25) is 14.8 Å². The minimum Gasteiger partial charge on any atom is -0.396 e. The van der Waals surface area contributed by atoms with Crippen LogP contribution in [0.2, 0.25) is 0 Å². The molecule has 0 saturated carbocycles. The molecule has 6 nitrogen and oxygen atoms in total. The second-order valence-electron chi connectivity index (χ2n) is 3.51. The quantitative estimate of drug-likeness (QED) is 0.865. The lowest BCUT2D eigenvalue weighted by molar-refractivity contribution is 0.101. The first-order valence-electron chi connectivity index (χ1n) is 5.16. The van der Waals surface area contributed by atoms with Crippen molar-refractivity contribution in [1.82, 2.24) is 14.8 Å². The zero-order valence-electron chi connectivity index (χ0n) is 9.60. The fourth-order valence-corrected chi connectivity index (χ4v) is 2.14. The van der Waals surface area contributed by atoms with Crippen LogP contribution in [0, 0.1) is 6.92 Å². The van der Waals surface area contributed by atoms with Gasteiger partial charge in [-0.2, -0.15) is 5.10 Å². The van der Waals surface area contributed by atoms with Gasteiger partial charge in [0.15, 0.2) is 5.13 Å². The molecule has 7 heteroatoms. The molecular weight excluding hydrogens is 238 g/mol. The lowest BCUT2D eigenvalue weighted by Gasteiger charge is -2.05. The molecule has 2 aromatic heterocycles. The Bertz CT molecular complexity index is 545. The molecule has 0 atom stereocenters. The maximum Gasteiger partial charge on any atom is 0.277 e. The number of nitrogens with one attached hydrogen (secondary N) is 1. The van der Waals surface area contributed by atoms with Crippen LogP contribution in [0.15, 0.2) is 11.6 Å². The molecule has 0 saturated heterocycles. The number of amides is 1. The number of aryl methyl sites for hydroxylation is 2. The Hall–Kier alpha value is -1.89. The van der Waals surface area contributed by atoms with Gasteiger partial charge < -0.3 is 5.73 Å². The molecule has 0 bridgehead atoms. The van der Waals surface area contributed by atoms with Crippen molar-refractivity contribution in [2.45, 2.75) is 20.4 Å². The lowest BCUT2D eigenvalue weighted by Crippen LogP contribution is -2.18. The molecule has 3 N–H and O–H groups in total. The van der Waals surface area contributed by atoms with E-state index in [1.165, 1.54) is 17.5 Å². The van der Waals surface area contributed by atoms with Crippen LogP contribution in [0.25, 0.3) is 0 Å². The van der Waals surface area contributed by atoms with Crippen molar-refractivity contribution in [3.05, 3.63) is 23.0 Å². The Morgan fingerprint density at radius 2 is 2.41 bits per heavy atom. The summed E-state index contributed by atoms with van der Waals surface area (Å²) in [5.74, 6) is -0.281. The summed E-state index contributed by atoms with van der Waals surface area (Å²) in [6.45, 7) is 4.37. The van der Waals surface area contributed by atoms with Crippen molar-refractivity contribution in [3.63, 3.8) is 0 Å². The molecule has 0 aromatic carbocycles. The van der Waals surface area contributed by atoms with E-state index in [1.54, 1.807) is 4.68 Å². The number of aromatic nitrogens is 3. The van der Waals surface area contributed by atoms with Crippen LogP contribution in [0.5, 0.6) is 0 Å². The molecule has 0 aliphatic carbocycles. The first kappa shape index (κ1) is 11.6. The van der Waals surface area contributed by atoms with Crippen LogP contribution in [0.4, 0.5) is 10.8 Å². The van der Waals surface area contributed by atoms with Crippen molar-refractivity contribution in [1.29, 1.82) is 0 Å². The minimum absolute atomic E-state index is 0.281. The fourth-order valence-electron chi connectivity index (χ4n) is 1.46. The van der Waals surface area contributed by atoms with Gasteiger partial charge in [0.25, 0.3) is 5.91 Å². The number of nitrogen functional groups attached to an aromatic ring is 1. The van der Waals surface area contributed by atoms with Crippen LogP contribution in [0.1, 0.15) is 23.1 Å². The third-order valence-electron chi connectivity index (χ3n) is 2.22. The van der Waals surface area contributed by atoms with Gasteiger partial charge in [-0.05, 0) is 13.8 Å². The molecule has 0 fully saturated rings. The minimum atomic E-state index is -0.281. The summed E-state index contributed by atoms with van der Waals surface area (Å²) in [5, 5.41) is 9.16. The molecule has 1 amide bonds. The summed E-state index contributed by atoms with van der Waals surface area (Å²) in [5.41, 5.74) is 7.34. The molecule has 2 rings (SSSR count). The van der Waals surface area contributed by atoms with Crippen LogP contribution >= 0.6 is 11.3 Å². The number of hydrogen-bond acceptors (Lipinski definition) is 5. The molecule has 0 aliphatic rings. The van der Waals surface area contributed by atoms with Crippen molar-refractivity contribution >= 4 is 28.1 Å². The molecule has 90 valence electrons. The van der Waals surface area contributed by atoms with E-state index in [1.807, 2.05) is 19.2 Å². The van der Waals surface area contributed by atoms with E-state index in [0.29, 0.717) is 23.1 Å². The zero-order chi connectivity index (χ0) is 12.4. The number of hydrogen-bond donors (Lipinski definition) is 2. The SMILES string of the molecule is CCn1ncc(N)c1C(=O)Nc1nc(C)cs1. The van der Waals surface area contributed by atoms with Crippen LogP contribution in [-0.2, 0) is 6.54 Å². The Balaban J connectivity index is 2.22. The zero-order valence-corrected chi connectivity index (χ0v) is 10.4. The van der Waals surface area contributed by atoms with E-state index < -0.39 is 0 Å². The van der Waals surface area contributed by atoms with E-state index in [9.17, 15) is 4.79 Å². The van der Waals surface area contributed by atoms with Crippen LogP contribution < -0.4 is 11.1 Å². The molecule has 2 heterocycles. The highest BCUT2D eigenvalue weighted by Crippen LogP contribution is 2.17. The highest BCUT2D eigenvalue weighted by atomic mass is 32.1. The third-order valence-corrected chi connectivity index (χ3v) is 3.10. The fraction of sp³-hybridized carbons (Fsp3) is 0.300. The summed E-state index contributed by atoms with van der Waals surface area (Å²) < 4.78 is 1.56. The van der Waals surface area contributed by atoms with Crippen LogP contribution in [-0.4, -0.2) is 20.7 Å². The van der Waals surface area contributed by atoms with Crippen molar-refractivity contribution in [3.8, 4) is 0 Å². The van der Waals surface area contributed by atoms with Gasteiger partial charge in [-0.25, -0.2) is 4.98 Å². The van der Waals surface area contributed by atoms with Gasteiger partial charge in [0, 0.05) is 11.9 Å². The molecule has 2 aromatic rings. The highest BCUT2D eigenvalue weighted by Gasteiger charge is 2.17. The van der Waals surface area contributed by atoms with Gasteiger partial charge in [0.05, 0.1) is 17.6 Å². The first-order chi connectivity index (χ1) is 8.11. The Morgan fingerprint density at radius 3 is 3.00 bits per heavy atom. The number of anilines is 2. The number of nitrogens with zero attached hydrogens (tertiary/aromatic N) is 3. The molecule has 17 heavy (non-hydrogen) atoms. The monoisotopic (exact) mass is 251 g/mol. The normalized spacial score (nSPS) is 10.5. The van der Waals surface area contributed by atoms with E-state index in [0.717, 1.165) is 5.69 Å². The highest BCUT2D eigenvalue weighted by molar-refractivity contribution is 7.13. The predicted octanol–water partition coefficient (Wildman–Crippen LogP) is 1.50. The first-order valence-corrected chi connectivity index (χ1v) is 6.04. The van der Waals surface area contributed by atoms with Gasteiger partial charge in [0.1, 0.15) is 5.69 Å². The predicted molar refractivity (Wildman–Crippen MR) is 67.1 cm³/mol. The summed E-state index contributed by atoms with van der Waals surface area (Å²) >= 11 is 1.38. The number of thiazole rings is 1. The maximum atomic E-state index is 12.0. The van der Waals surface area contributed by atoms with E-state index in [4.69, 9.17) is 5.73 Å². The summed E-state index contributed by atoms with van der Waals surface area (Å²) in [6.07, 6.45) is 1.48. The number of rotatable bonds is 3. The maximum absolute atomic E-state index is 12.0. The second kappa shape index (κ2) is 4.54. The standard InChI is InChI=1S/C10H13N5OS/c1-3-15-8(7(11)4-12-15)9(16)14-10-13-6(2)5-17-10/h4-5H,3,11H2,1-2H3,(H,13,14,16). The Morgan fingerprint density at radius 1 is 1.65 bits per heavy atom. The molecule has 0 aliphatic heterocycles. The van der Waals surface area contributed by atoms with E-state index in [-0.39, 0.29) is 5.91 Å². The second-order valence-corrected chi connectivity index (χ2v) is 4.37. The van der Waals surface area contributed by atoms with Crippen molar-refractivity contribution in [2.75, 3.05) is 11.1 Å².